The van der Waals surface area contributed by atoms with Crippen LogP contribution in [-0.4, -0.2) is 24.4 Å². The van der Waals surface area contributed by atoms with Gasteiger partial charge in [0, 0.05) is 11.4 Å². The molecule has 0 radical (unpaired) electrons. The summed E-state index contributed by atoms with van der Waals surface area (Å²) in [6.45, 7) is 3.51. The van der Waals surface area contributed by atoms with Crippen molar-refractivity contribution >= 4 is 17.5 Å². The molecule has 1 rings (SSSR count). The lowest BCUT2D eigenvalue weighted by molar-refractivity contribution is 0.0913. The molecule has 1 N–H and O–H groups in total. The molecule has 0 saturated heterocycles. The Kier molecular flexibility index (Phi) is 4.34. The summed E-state index contributed by atoms with van der Waals surface area (Å²) in [6, 6.07) is 4.23. The molecule has 0 fully saturated rings. The number of ether oxygens (including phenoxy) is 1. The smallest absolute Gasteiger partial charge is 0.258 e. The Labute approximate surface area is 105 Å². The molecule has 5 heteroatoms. The van der Waals surface area contributed by atoms with Crippen LogP contribution in [-0.2, 0) is 0 Å². The minimum absolute atomic E-state index is 0.104. The van der Waals surface area contributed by atoms with Gasteiger partial charge in [0.2, 0.25) is 0 Å². The van der Waals surface area contributed by atoms with Gasteiger partial charge in [-0.3, -0.25) is 4.79 Å². The lowest BCUT2D eigenvalue weighted by atomic mass is 10.1. The van der Waals surface area contributed by atoms with Gasteiger partial charge >= 0.3 is 0 Å². The van der Waals surface area contributed by atoms with Crippen LogP contribution in [0.15, 0.2) is 18.2 Å². The van der Waals surface area contributed by atoms with Crippen molar-refractivity contribution < 1.29 is 13.9 Å². The van der Waals surface area contributed by atoms with Gasteiger partial charge in [-0.1, -0.05) is 6.07 Å². The highest BCUT2D eigenvalue weighted by molar-refractivity contribution is 6.18. The second-order valence-electron chi connectivity index (χ2n) is 4.29. The lowest BCUT2D eigenvalue weighted by Crippen LogP contribution is -2.45. The molecule has 0 aliphatic heterocycles. The maximum absolute atomic E-state index is 13.6. The predicted octanol–water partition coefficient (Wildman–Crippen LogP) is 2.58. The summed E-state index contributed by atoms with van der Waals surface area (Å²) < 4.78 is 18.6. The van der Waals surface area contributed by atoms with Gasteiger partial charge in [-0.25, -0.2) is 4.39 Å². The first-order valence-electron chi connectivity index (χ1n) is 5.12. The molecule has 0 saturated carbocycles. The van der Waals surface area contributed by atoms with Crippen LogP contribution >= 0.6 is 11.6 Å². The molecular weight excluding hydrogens is 245 g/mol. The summed E-state index contributed by atoms with van der Waals surface area (Å²) in [5, 5.41) is 2.65. The highest BCUT2D eigenvalue weighted by atomic mass is 35.5. The molecule has 1 aromatic rings. The fourth-order valence-corrected chi connectivity index (χ4v) is 1.36. The number of nitrogens with one attached hydrogen (secondary N) is 1. The van der Waals surface area contributed by atoms with Crippen molar-refractivity contribution in [3.8, 4) is 5.75 Å². The standard InChI is InChI=1S/C12H15ClFNO2/c1-12(2,7-13)15-11(16)10-8(14)5-4-6-9(10)17-3/h4-6H,7H2,1-3H3,(H,15,16). The lowest BCUT2D eigenvalue weighted by Gasteiger charge is -2.23. The average molecular weight is 260 g/mol. The van der Waals surface area contributed by atoms with Crippen LogP contribution in [0.1, 0.15) is 24.2 Å². The van der Waals surface area contributed by atoms with Crippen LogP contribution in [0, 0.1) is 5.82 Å². The molecule has 0 atom stereocenters. The molecular formula is C12H15ClFNO2. The van der Waals surface area contributed by atoms with E-state index < -0.39 is 17.3 Å². The van der Waals surface area contributed by atoms with Crippen molar-refractivity contribution in [3.05, 3.63) is 29.6 Å². The van der Waals surface area contributed by atoms with E-state index in [1.54, 1.807) is 13.8 Å². The quantitative estimate of drug-likeness (QED) is 0.844. The zero-order chi connectivity index (χ0) is 13.1. The maximum atomic E-state index is 13.6. The summed E-state index contributed by atoms with van der Waals surface area (Å²) in [7, 11) is 1.39. The largest absolute Gasteiger partial charge is 0.496 e. The average Bonchev–Trinajstić information content (AvgIpc) is 2.27. The van der Waals surface area contributed by atoms with Gasteiger partial charge in [-0.15, -0.1) is 11.6 Å². The molecule has 0 heterocycles. The second kappa shape index (κ2) is 5.36. The zero-order valence-electron chi connectivity index (χ0n) is 10.0. The van der Waals surface area contributed by atoms with Crippen molar-refractivity contribution in [2.24, 2.45) is 0 Å². The van der Waals surface area contributed by atoms with Gasteiger partial charge in [0.25, 0.3) is 5.91 Å². The third kappa shape index (κ3) is 3.33. The highest BCUT2D eigenvalue weighted by Gasteiger charge is 2.24. The Hall–Kier alpha value is -1.29. The maximum Gasteiger partial charge on any atom is 0.258 e. The molecule has 3 nitrogen and oxygen atoms in total. The fraction of sp³-hybridized carbons (Fsp3) is 0.417. The third-order valence-electron chi connectivity index (χ3n) is 2.21. The van der Waals surface area contributed by atoms with E-state index in [1.807, 2.05) is 0 Å². The van der Waals surface area contributed by atoms with E-state index in [-0.39, 0.29) is 17.2 Å². The number of methoxy groups -OCH3 is 1. The fourth-order valence-electron chi connectivity index (χ4n) is 1.30. The van der Waals surface area contributed by atoms with Gasteiger partial charge in [0.05, 0.1) is 7.11 Å². The molecule has 0 spiro atoms. The van der Waals surface area contributed by atoms with Crippen molar-refractivity contribution in [2.45, 2.75) is 19.4 Å². The Morgan fingerprint density at radius 1 is 1.53 bits per heavy atom. The van der Waals surface area contributed by atoms with E-state index in [2.05, 4.69) is 5.32 Å². The Balaban J connectivity index is 3.04. The first-order valence-corrected chi connectivity index (χ1v) is 5.65. The van der Waals surface area contributed by atoms with E-state index in [4.69, 9.17) is 16.3 Å². The van der Waals surface area contributed by atoms with Crippen LogP contribution in [0.2, 0.25) is 0 Å². The van der Waals surface area contributed by atoms with E-state index in [1.165, 1.54) is 25.3 Å². The predicted molar refractivity (Wildman–Crippen MR) is 65.2 cm³/mol. The van der Waals surface area contributed by atoms with Gasteiger partial charge in [-0.2, -0.15) is 0 Å². The van der Waals surface area contributed by atoms with Crippen molar-refractivity contribution in [3.63, 3.8) is 0 Å². The van der Waals surface area contributed by atoms with Gasteiger partial charge in [-0.05, 0) is 26.0 Å². The molecule has 0 bridgehead atoms. The molecule has 94 valence electrons. The van der Waals surface area contributed by atoms with Crippen molar-refractivity contribution in [2.75, 3.05) is 13.0 Å². The number of carbonyl (C=O) groups is 1. The molecule has 17 heavy (non-hydrogen) atoms. The Bertz CT molecular complexity index is 421. The summed E-state index contributed by atoms with van der Waals surface area (Å²) in [4.78, 5) is 11.9. The number of rotatable bonds is 4. The summed E-state index contributed by atoms with van der Waals surface area (Å²) >= 11 is 5.70. The van der Waals surface area contributed by atoms with Crippen LogP contribution in [0.5, 0.6) is 5.75 Å². The van der Waals surface area contributed by atoms with Crippen molar-refractivity contribution in [1.29, 1.82) is 0 Å². The number of carbonyl (C=O) groups excluding carboxylic acids is 1. The van der Waals surface area contributed by atoms with Crippen LogP contribution < -0.4 is 10.1 Å². The molecule has 0 aliphatic rings. The van der Waals surface area contributed by atoms with Gasteiger partial charge in [0.1, 0.15) is 17.1 Å². The van der Waals surface area contributed by atoms with E-state index in [0.717, 1.165) is 0 Å². The third-order valence-corrected chi connectivity index (χ3v) is 2.88. The van der Waals surface area contributed by atoms with Crippen LogP contribution in [0.3, 0.4) is 0 Å². The van der Waals surface area contributed by atoms with Crippen molar-refractivity contribution in [1.82, 2.24) is 5.32 Å². The van der Waals surface area contributed by atoms with E-state index >= 15 is 0 Å². The molecule has 0 aromatic heterocycles. The minimum Gasteiger partial charge on any atom is -0.496 e. The second-order valence-corrected chi connectivity index (χ2v) is 4.56. The Morgan fingerprint density at radius 2 is 2.18 bits per heavy atom. The number of alkyl halides is 1. The molecule has 1 aromatic carbocycles. The molecule has 0 aliphatic carbocycles. The van der Waals surface area contributed by atoms with Crippen LogP contribution in [0.25, 0.3) is 0 Å². The van der Waals surface area contributed by atoms with Gasteiger partial charge in [0.15, 0.2) is 0 Å². The normalized spacial score (nSPS) is 11.1. The summed E-state index contributed by atoms with van der Waals surface area (Å²) in [5.74, 6) is -0.721. The molecule has 0 unspecified atom stereocenters. The first-order chi connectivity index (χ1) is 7.91. The zero-order valence-corrected chi connectivity index (χ0v) is 10.8. The number of hydrogen-bond acceptors (Lipinski definition) is 2. The van der Waals surface area contributed by atoms with E-state index in [0.29, 0.717) is 0 Å². The van der Waals surface area contributed by atoms with Crippen LogP contribution in [0.4, 0.5) is 4.39 Å². The highest BCUT2D eigenvalue weighted by Crippen LogP contribution is 2.21. The summed E-state index contributed by atoms with van der Waals surface area (Å²) in [6.07, 6.45) is 0. The SMILES string of the molecule is COc1cccc(F)c1C(=O)NC(C)(C)CCl. The Morgan fingerprint density at radius 3 is 2.71 bits per heavy atom. The number of benzene rings is 1. The number of amides is 1. The minimum atomic E-state index is -0.618. The topological polar surface area (TPSA) is 38.3 Å². The molecule has 1 amide bonds. The van der Waals surface area contributed by atoms with E-state index in [9.17, 15) is 9.18 Å². The monoisotopic (exact) mass is 259 g/mol. The first kappa shape index (κ1) is 13.8. The summed E-state index contributed by atoms with van der Waals surface area (Å²) in [5.41, 5.74) is -0.709. The number of hydrogen-bond donors (Lipinski definition) is 1. The van der Waals surface area contributed by atoms with Gasteiger partial charge < -0.3 is 10.1 Å². The number of halogens is 2.